The minimum absolute atomic E-state index is 0.0210. The topological polar surface area (TPSA) is 85.5 Å². The Balaban J connectivity index is 1.24. The van der Waals surface area contributed by atoms with Crippen molar-refractivity contribution < 1.29 is 14.3 Å². The van der Waals surface area contributed by atoms with E-state index >= 15 is 0 Å². The molecule has 0 spiro atoms. The molecule has 2 aromatic heterocycles. The fourth-order valence-electron chi connectivity index (χ4n) is 4.16. The molecule has 0 unspecified atom stereocenters. The second-order valence-electron chi connectivity index (χ2n) is 8.01. The fourth-order valence-corrected chi connectivity index (χ4v) is 4.29. The van der Waals surface area contributed by atoms with Crippen LogP contribution in [-0.4, -0.2) is 67.4 Å². The standard InChI is InChI=1S/C22H23ClN6O3/c1-26-8-2-3-17(26)21(30)27-9-11-28(12-10-27)22(31)20-18-14-32-19(13-29(18)25-24-20)15-4-6-16(23)7-5-15/h2-8,19H,9-14H2,1H3/t19-/m0/s1. The minimum Gasteiger partial charge on any atom is -0.365 e. The molecule has 2 aliphatic heterocycles. The molecule has 0 bridgehead atoms. The lowest BCUT2D eigenvalue weighted by atomic mass is 10.1. The van der Waals surface area contributed by atoms with Gasteiger partial charge in [-0.05, 0) is 29.8 Å². The molecule has 9 nitrogen and oxygen atoms in total. The van der Waals surface area contributed by atoms with Gasteiger partial charge in [0.05, 0.1) is 18.8 Å². The van der Waals surface area contributed by atoms with Crippen molar-refractivity contribution >= 4 is 23.4 Å². The van der Waals surface area contributed by atoms with E-state index in [0.717, 1.165) is 5.56 Å². The summed E-state index contributed by atoms with van der Waals surface area (Å²) in [5, 5.41) is 9.03. The lowest BCUT2D eigenvalue weighted by Crippen LogP contribution is -2.51. The molecular formula is C22H23ClN6O3. The van der Waals surface area contributed by atoms with Crippen molar-refractivity contribution in [3.8, 4) is 0 Å². The first-order valence-corrected chi connectivity index (χ1v) is 10.9. The molecule has 1 fully saturated rings. The Hall–Kier alpha value is -3.17. The number of amides is 2. The predicted octanol–water partition coefficient (Wildman–Crippen LogP) is 2.14. The van der Waals surface area contributed by atoms with Crippen LogP contribution in [0, 0.1) is 0 Å². The van der Waals surface area contributed by atoms with Crippen LogP contribution in [0.15, 0.2) is 42.6 Å². The zero-order valence-corrected chi connectivity index (χ0v) is 18.4. The lowest BCUT2D eigenvalue weighted by Gasteiger charge is -2.34. The van der Waals surface area contributed by atoms with Crippen LogP contribution in [0.25, 0.3) is 0 Å². The number of nitrogens with zero attached hydrogens (tertiary/aromatic N) is 6. The number of carbonyl (C=O) groups is 2. The SMILES string of the molecule is Cn1cccc1C(=O)N1CCN(C(=O)c2nnn3c2CO[C@H](c2ccc(Cl)cc2)C3)CC1. The smallest absolute Gasteiger partial charge is 0.276 e. The third kappa shape index (κ3) is 3.78. The minimum atomic E-state index is -0.175. The van der Waals surface area contributed by atoms with E-state index in [-0.39, 0.29) is 24.5 Å². The molecule has 10 heteroatoms. The first kappa shape index (κ1) is 20.7. The highest BCUT2D eigenvalue weighted by Gasteiger charge is 2.32. The molecule has 5 rings (SSSR count). The third-order valence-corrected chi connectivity index (χ3v) is 6.31. The highest BCUT2D eigenvalue weighted by molar-refractivity contribution is 6.30. The van der Waals surface area contributed by atoms with Crippen LogP contribution in [0.4, 0.5) is 0 Å². The van der Waals surface area contributed by atoms with E-state index in [2.05, 4.69) is 10.3 Å². The molecule has 32 heavy (non-hydrogen) atoms. The molecule has 2 amide bonds. The van der Waals surface area contributed by atoms with E-state index in [1.54, 1.807) is 25.1 Å². The summed E-state index contributed by atoms with van der Waals surface area (Å²) in [4.78, 5) is 29.3. The summed E-state index contributed by atoms with van der Waals surface area (Å²) in [5.41, 5.74) is 2.65. The van der Waals surface area contributed by atoms with E-state index in [4.69, 9.17) is 16.3 Å². The van der Waals surface area contributed by atoms with E-state index in [1.807, 2.05) is 43.6 Å². The van der Waals surface area contributed by atoms with Crippen LogP contribution in [-0.2, 0) is 24.9 Å². The summed E-state index contributed by atoms with van der Waals surface area (Å²) < 4.78 is 9.55. The summed E-state index contributed by atoms with van der Waals surface area (Å²) in [5.74, 6) is -0.196. The molecule has 1 aromatic carbocycles. The van der Waals surface area contributed by atoms with Crippen LogP contribution < -0.4 is 0 Å². The molecular weight excluding hydrogens is 432 g/mol. The van der Waals surface area contributed by atoms with Gasteiger partial charge in [-0.2, -0.15) is 0 Å². The molecule has 0 N–H and O–H groups in total. The van der Waals surface area contributed by atoms with Gasteiger partial charge in [0.15, 0.2) is 5.69 Å². The van der Waals surface area contributed by atoms with Crippen molar-refractivity contribution in [2.45, 2.75) is 19.3 Å². The zero-order chi connectivity index (χ0) is 22.2. The van der Waals surface area contributed by atoms with Gasteiger partial charge in [0.25, 0.3) is 11.8 Å². The number of rotatable bonds is 3. The Morgan fingerprint density at radius 2 is 1.72 bits per heavy atom. The van der Waals surface area contributed by atoms with Crippen molar-refractivity contribution in [1.29, 1.82) is 0 Å². The van der Waals surface area contributed by atoms with Gasteiger partial charge < -0.3 is 19.1 Å². The second kappa shape index (κ2) is 8.40. The van der Waals surface area contributed by atoms with E-state index < -0.39 is 0 Å². The van der Waals surface area contributed by atoms with Crippen LogP contribution in [0.1, 0.15) is 38.3 Å². The molecule has 1 atom stereocenters. The second-order valence-corrected chi connectivity index (χ2v) is 8.44. The Kier molecular flexibility index (Phi) is 5.44. The highest BCUT2D eigenvalue weighted by atomic mass is 35.5. The van der Waals surface area contributed by atoms with Gasteiger partial charge in [0, 0.05) is 44.4 Å². The molecule has 166 valence electrons. The van der Waals surface area contributed by atoms with E-state index in [1.165, 1.54) is 0 Å². The molecule has 2 aliphatic rings. The Morgan fingerprint density at radius 3 is 2.38 bits per heavy atom. The number of fused-ring (bicyclic) bond motifs is 1. The number of ether oxygens (including phenoxy) is 1. The Bertz CT molecular complexity index is 1150. The third-order valence-electron chi connectivity index (χ3n) is 6.06. The molecule has 4 heterocycles. The number of aryl methyl sites for hydroxylation is 1. The first-order valence-electron chi connectivity index (χ1n) is 10.5. The quantitative estimate of drug-likeness (QED) is 0.605. The number of hydrogen-bond acceptors (Lipinski definition) is 5. The molecule has 1 saturated heterocycles. The summed E-state index contributed by atoms with van der Waals surface area (Å²) in [6, 6.07) is 11.2. The number of piperazine rings is 1. The first-order chi connectivity index (χ1) is 15.5. The maximum atomic E-state index is 13.1. The molecule has 3 aromatic rings. The van der Waals surface area contributed by atoms with Crippen molar-refractivity contribution in [1.82, 2.24) is 29.4 Å². The van der Waals surface area contributed by atoms with Gasteiger partial charge in [0.1, 0.15) is 11.8 Å². The molecule has 0 saturated carbocycles. The Labute approximate surface area is 190 Å². The van der Waals surface area contributed by atoms with Crippen molar-refractivity contribution in [2.24, 2.45) is 7.05 Å². The number of halogens is 1. The lowest BCUT2D eigenvalue weighted by molar-refractivity contribution is -0.00202. The van der Waals surface area contributed by atoms with Gasteiger partial charge in [-0.25, -0.2) is 4.68 Å². The van der Waals surface area contributed by atoms with Crippen molar-refractivity contribution in [2.75, 3.05) is 26.2 Å². The summed E-state index contributed by atoms with van der Waals surface area (Å²) >= 11 is 5.97. The van der Waals surface area contributed by atoms with Crippen LogP contribution >= 0.6 is 11.6 Å². The fraction of sp³-hybridized carbons (Fsp3) is 0.364. The van der Waals surface area contributed by atoms with Gasteiger partial charge in [-0.3, -0.25) is 9.59 Å². The summed E-state index contributed by atoms with van der Waals surface area (Å²) in [7, 11) is 1.85. The van der Waals surface area contributed by atoms with E-state index in [0.29, 0.717) is 54.8 Å². The zero-order valence-electron chi connectivity index (χ0n) is 17.6. The number of aromatic nitrogens is 4. The van der Waals surface area contributed by atoms with Crippen LogP contribution in [0.3, 0.4) is 0 Å². The number of carbonyl (C=O) groups excluding carboxylic acids is 2. The van der Waals surface area contributed by atoms with Crippen LogP contribution in [0.5, 0.6) is 0 Å². The summed E-state index contributed by atoms with van der Waals surface area (Å²) in [6.45, 7) is 2.61. The largest absolute Gasteiger partial charge is 0.365 e. The maximum absolute atomic E-state index is 13.1. The van der Waals surface area contributed by atoms with Gasteiger partial charge in [-0.15, -0.1) is 5.10 Å². The molecule has 0 aliphatic carbocycles. The maximum Gasteiger partial charge on any atom is 0.276 e. The Morgan fingerprint density at radius 1 is 1.03 bits per heavy atom. The molecule has 0 radical (unpaired) electrons. The average molecular weight is 455 g/mol. The van der Waals surface area contributed by atoms with E-state index in [9.17, 15) is 9.59 Å². The predicted molar refractivity (Wildman–Crippen MR) is 116 cm³/mol. The van der Waals surface area contributed by atoms with Gasteiger partial charge >= 0.3 is 0 Å². The van der Waals surface area contributed by atoms with Gasteiger partial charge in [-0.1, -0.05) is 28.9 Å². The normalized spacial score (nSPS) is 18.5. The summed E-state index contributed by atoms with van der Waals surface area (Å²) in [6.07, 6.45) is 1.68. The van der Waals surface area contributed by atoms with Gasteiger partial charge in [0.2, 0.25) is 0 Å². The van der Waals surface area contributed by atoms with Crippen molar-refractivity contribution in [3.05, 3.63) is 70.3 Å². The van der Waals surface area contributed by atoms with Crippen LogP contribution in [0.2, 0.25) is 5.02 Å². The number of benzene rings is 1. The average Bonchev–Trinajstić information content (AvgIpc) is 3.44. The monoisotopic (exact) mass is 454 g/mol. The highest BCUT2D eigenvalue weighted by Crippen LogP contribution is 2.28. The number of hydrogen-bond donors (Lipinski definition) is 0. The van der Waals surface area contributed by atoms with Crippen molar-refractivity contribution in [3.63, 3.8) is 0 Å².